The maximum absolute atomic E-state index is 12.5. The summed E-state index contributed by atoms with van der Waals surface area (Å²) in [5.74, 6) is -0.208. The van der Waals surface area contributed by atoms with Crippen LogP contribution in [0.5, 0.6) is 17.2 Å². The molecule has 0 unspecified atom stereocenters. The van der Waals surface area contributed by atoms with E-state index in [1.807, 2.05) is 0 Å². The summed E-state index contributed by atoms with van der Waals surface area (Å²) in [6.45, 7) is 0. The van der Waals surface area contributed by atoms with Gasteiger partial charge >= 0.3 is 0 Å². The van der Waals surface area contributed by atoms with Crippen LogP contribution in [0.2, 0.25) is 0 Å². The molecule has 0 bridgehead atoms. The molecule has 0 amide bonds. The Kier molecular flexibility index (Phi) is 5.56. The van der Waals surface area contributed by atoms with E-state index in [-0.39, 0.29) is 28.2 Å². The van der Waals surface area contributed by atoms with E-state index in [9.17, 15) is 30.3 Å². The number of fused-ring (bicyclic) bond motifs is 1. The Morgan fingerprint density at radius 1 is 0.903 bits per heavy atom. The lowest BCUT2D eigenvalue weighted by Crippen LogP contribution is -2.59. The minimum absolute atomic E-state index is 0.000232. The molecule has 2 aromatic carbocycles. The van der Waals surface area contributed by atoms with Crippen molar-refractivity contribution in [3.8, 4) is 28.6 Å². The van der Waals surface area contributed by atoms with Crippen LogP contribution in [0.3, 0.4) is 0 Å². The van der Waals surface area contributed by atoms with Gasteiger partial charge < -0.3 is 44.2 Å². The summed E-state index contributed by atoms with van der Waals surface area (Å²) in [4.78, 5) is 12.5. The average Bonchev–Trinajstić information content (AvgIpc) is 2.74. The molecule has 0 radical (unpaired) electrons. The normalized spacial score (nSPS) is 26.1. The first-order valence-electron chi connectivity index (χ1n) is 9.28. The van der Waals surface area contributed by atoms with Crippen LogP contribution < -0.4 is 10.2 Å². The van der Waals surface area contributed by atoms with Gasteiger partial charge in [0, 0.05) is 30.9 Å². The molecule has 1 fully saturated rings. The predicted molar refractivity (Wildman–Crippen MR) is 106 cm³/mol. The number of rotatable bonds is 4. The minimum atomic E-state index is -1.62. The molecule has 4 rings (SSSR count). The van der Waals surface area contributed by atoms with Gasteiger partial charge in [-0.05, 0) is 24.3 Å². The Morgan fingerprint density at radius 2 is 1.58 bits per heavy atom. The second-order valence-corrected chi connectivity index (χ2v) is 7.04. The van der Waals surface area contributed by atoms with Gasteiger partial charge in [-0.2, -0.15) is 0 Å². The van der Waals surface area contributed by atoms with Crippen molar-refractivity contribution in [2.45, 2.75) is 30.9 Å². The number of phenolic OH excluding ortho intramolecular Hbond substituents is 2. The van der Waals surface area contributed by atoms with Crippen LogP contribution in [0.25, 0.3) is 22.3 Å². The molecular weight excluding hydrogens is 412 g/mol. The summed E-state index contributed by atoms with van der Waals surface area (Å²) in [7, 11) is 1.25. The maximum atomic E-state index is 12.5. The fourth-order valence-electron chi connectivity index (χ4n) is 3.32. The van der Waals surface area contributed by atoms with E-state index >= 15 is 0 Å². The lowest BCUT2D eigenvalue weighted by molar-refractivity contribution is -0.327. The molecular formula is C21H20O10. The van der Waals surface area contributed by atoms with Crippen molar-refractivity contribution in [3.05, 3.63) is 52.7 Å². The van der Waals surface area contributed by atoms with Crippen LogP contribution in [0.4, 0.5) is 0 Å². The Hall–Kier alpha value is -3.15. The molecule has 10 heteroatoms. The first kappa shape index (κ1) is 21.1. The number of hydrogen-bond donors (Lipinski definition) is 5. The highest BCUT2D eigenvalue weighted by Gasteiger charge is 2.45. The van der Waals surface area contributed by atoms with Gasteiger partial charge in [0.05, 0.1) is 0 Å². The van der Waals surface area contributed by atoms with E-state index in [0.717, 1.165) is 6.07 Å². The molecule has 5 N–H and O–H groups in total. The van der Waals surface area contributed by atoms with Crippen LogP contribution in [-0.2, 0) is 9.47 Å². The highest BCUT2D eigenvalue weighted by molar-refractivity contribution is 5.86. The van der Waals surface area contributed by atoms with Crippen molar-refractivity contribution in [3.63, 3.8) is 0 Å². The van der Waals surface area contributed by atoms with Crippen molar-refractivity contribution in [2.24, 2.45) is 0 Å². The Balaban J connectivity index is 1.71. The highest BCUT2D eigenvalue weighted by Crippen LogP contribution is 2.33. The molecule has 164 valence electrons. The van der Waals surface area contributed by atoms with E-state index in [2.05, 4.69) is 0 Å². The van der Waals surface area contributed by atoms with E-state index in [1.54, 1.807) is 12.1 Å². The fraction of sp³-hybridized carbons (Fsp3) is 0.286. The molecule has 3 aromatic rings. The van der Waals surface area contributed by atoms with Crippen LogP contribution in [-0.4, -0.2) is 63.5 Å². The van der Waals surface area contributed by atoms with Crippen LogP contribution >= 0.6 is 0 Å². The van der Waals surface area contributed by atoms with Crippen molar-refractivity contribution in [2.75, 3.05) is 7.11 Å². The van der Waals surface area contributed by atoms with Crippen molar-refractivity contribution in [1.29, 1.82) is 0 Å². The zero-order chi connectivity index (χ0) is 22.3. The smallest absolute Gasteiger partial charge is 0.231 e. The second-order valence-electron chi connectivity index (χ2n) is 7.04. The molecule has 0 saturated carbocycles. The Bertz CT molecular complexity index is 1140. The standard InChI is InChI=1S/C21H20O10/c1-28-20-18(26)17(25)19(27)21(31-20)29-11-6-12(23)16-13(24)8-14(30-15(16)7-11)9-2-4-10(22)5-3-9/h2-8,17-23,25-27H,1H3/t17-,18-,19+,20-,21+/m0/s1. The first-order valence-corrected chi connectivity index (χ1v) is 9.28. The SMILES string of the molecule is CO[C@H]1O[C@@H](Oc2cc(O)c3c(=O)cc(-c4ccc(O)cc4)oc3c2)[C@H](O)[C@@H](O)[C@@H]1O. The Morgan fingerprint density at radius 3 is 2.26 bits per heavy atom. The average molecular weight is 432 g/mol. The van der Waals surface area contributed by atoms with Gasteiger partial charge in [-0.25, -0.2) is 0 Å². The number of aromatic hydroxyl groups is 2. The predicted octanol–water partition coefficient (Wildman–Crippen LogP) is 0.661. The molecule has 10 nitrogen and oxygen atoms in total. The molecule has 1 aliphatic rings. The molecule has 31 heavy (non-hydrogen) atoms. The molecule has 5 atom stereocenters. The van der Waals surface area contributed by atoms with Crippen molar-refractivity contribution >= 4 is 11.0 Å². The van der Waals surface area contributed by atoms with Gasteiger partial charge in [0.25, 0.3) is 0 Å². The number of ether oxygens (including phenoxy) is 3. The van der Waals surface area contributed by atoms with Gasteiger partial charge in [0.15, 0.2) is 11.7 Å². The highest BCUT2D eigenvalue weighted by atomic mass is 16.8. The topological polar surface area (TPSA) is 159 Å². The van der Waals surface area contributed by atoms with Crippen LogP contribution in [0.1, 0.15) is 0 Å². The zero-order valence-electron chi connectivity index (χ0n) is 16.2. The molecule has 1 aromatic heterocycles. The molecule has 0 spiro atoms. The summed E-state index contributed by atoms with van der Waals surface area (Å²) < 4.78 is 21.5. The summed E-state index contributed by atoms with van der Waals surface area (Å²) in [5, 5.41) is 49.7. The number of aliphatic hydroxyl groups excluding tert-OH is 3. The van der Waals surface area contributed by atoms with Gasteiger partial charge in [-0.1, -0.05) is 0 Å². The third kappa shape index (κ3) is 3.94. The van der Waals surface area contributed by atoms with Crippen molar-refractivity contribution in [1.82, 2.24) is 0 Å². The summed E-state index contributed by atoms with van der Waals surface area (Å²) in [6.07, 6.45) is -7.40. The van der Waals surface area contributed by atoms with E-state index in [4.69, 9.17) is 18.6 Å². The van der Waals surface area contributed by atoms with Crippen LogP contribution in [0.15, 0.2) is 51.7 Å². The largest absolute Gasteiger partial charge is 0.508 e. The summed E-state index contributed by atoms with van der Waals surface area (Å²) in [6, 6.07) is 9.65. The third-order valence-corrected chi connectivity index (χ3v) is 4.95. The van der Waals surface area contributed by atoms with Crippen molar-refractivity contribution < 1.29 is 44.2 Å². The lowest BCUT2D eigenvalue weighted by Gasteiger charge is -2.39. The van der Waals surface area contributed by atoms with E-state index < -0.39 is 42.1 Å². The third-order valence-electron chi connectivity index (χ3n) is 4.95. The fourth-order valence-corrected chi connectivity index (χ4v) is 3.32. The number of benzene rings is 2. The quantitative estimate of drug-likeness (QED) is 0.396. The van der Waals surface area contributed by atoms with E-state index in [1.165, 1.54) is 31.4 Å². The summed E-state index contributed by atoms with van der Waals surface area (Å²) >= 11 is 0. The molecule has 2 heterocycles. The molecule has 1 aliphatic heterocycles. The van der Waals surface area contributed by atoms with E-state index in [0.29, 0.717) is 5.56 Å². The van der Waals surface area contributed by atoms with Gasteiger partial charge in [-0.15, -0.1) is 0 Å². The number of aliphatic hydroxyl groups is 3. The first-order chi connectivity index (χ1) is 14.8. The number of hydrogen-bond acceptors (Lipinski definition) is 10. The van der Waals surface area contributed by atoms with Gasteiger partial charge in [0.2, 0.25) is 6.29 Å². The Labute approximate surface area is 175 Å². The van der Waals surface area contributed by atoms with Gasteiger partial charge in [0.1, 0.15) is 52.3 Å². The monoisotopic (exact) mass is 432 g/mol. The molecule has 1 saturated heterocycles. The van der Waals surface area contributed by atoms with Gasteiger partial charge in [-0.3, -0.25) is 4.79 Å². The molecule has 0 aliphatic carbocycles. The second kappa shape index (κ2) is 8.17. The number of methoxy groups -OCH3 is 1. The lowest BCUT2D eigenvalue weighted by atomic mass is 10.0. The van der Waals surface area contributed by atoms with Crippen LogP contribution in [0, 0.1) is 0 Å². The minimum Gasteiger partial charge on any atom is -0.508 e. The maximum Gasteiger partial charge on any atom is 0.231 e. The zero-order valence-corrected chi connectivity index (χ0v) is 16.2. The summed E-state index contributed by atoms with van der Waals surface area (Å²) in [5.41, 5.74) is 0.0220. The number of phenols is 2.